The first-order valence-electron chi connectivity index (χ1n) is 7.65. The van der Waals surface area contributed by atoms with E-state index in [0.29, 0.717) is 5.56 Å². The predicted octanol–water partition coefficient (Wildman–Crippen LogP) is 3.16. The number of urea groups is 1. The lowest BCUT2D eigenvalue weighted by Gasteiger charge is -2.44. The number of hydrogen-bond donors (Lipinski definition) is 3. The second-order valence-corrected chi connectivity index (χ2v) is 7.02. The molecule has 2 amide bonds. The molecule has 138 valence electrons. The Bertz CT molecular complexity index is 821. The minimum Gasteiger partial charge on any atom is -0.363 e. The SMILES string of the molecule is Cc1ccc([C@H]2NC(=O)N[C@](O)(C(F)(F)F)[C@@H]2C(=O)c2cccs2)cc1. The number of ketones is 1. The zero-order valence-electron chi connectivity index (χ0n) is 13.5. The van der Waals surface area contributed by atoms with Gasteiger partial charge in [0.25, 0.3) is 0 Å². The van der Waals surface area contributed by atoms with Crippen LogP contribution in [0.1, 0.15) is 26.8 Å². The first kappa shape index (κ1) is 18.4. The molecular formula is C17H15F3N2O3S. The van der Waals surface area contributed by atoms with Gasteiger partial charge in [-0.1, -0.05) is 35.9 Å². The quantitative estimate of drug-likeness (QED) is 0.712. The summed E-state index contributed by atoms with van der Waals surface area (Å²) in [6.45, 7) is 1.80. The number of halogens is 3. The highest BCUT2D eigenvalue weighted by atomic mass is 32.1. The Balaban J connectivity index is 2.14. The van der Waals surface area contributed by atoms with Gasteiger partial charge in [0.15, 0.2) is 5.78 Å². The number of nitrogens with one attached hydrogen (secondary N) is 2. The van der Waals surface area contributed by atoms with E-state index < -0.39 is 35.7 Å². The zero-order chi connectivity index (χ0) is 19.1. The molecule has 0 spiro atoms. The van der Waals surface area contributed by atoms with Crippen LogP contribution in [0, 0.1) is 12.8 Å². The number of Topliss-reactive ketones (excluding diaryl/α,β-unsaturated/α-hetero) is 1. The van der Waals surface area contributed by atoms with Gasteiger partial charge in [-0.2, -0.15) is 13.2 Å². The molecule has 3 atom stereocenters. The summed E-state index contributed by atoms with van der Waals surface area (Å²) in [5.74, 6) is -2.89. The summed E-state index contributed by atoms with van der Waals surface area (Å²) in [5, 5.41) is 15.8. The van der Waals surface area contributed by atoms with Crippen molar-refractivity contribution < 1.29 is 27.9 Å². The highest BCUT2D eigenvalue weighted by Crippen LogP contribution is 2.44. The maximum absolute atomic E-state index is 13.7. The monoisotopic (exact) mass is 384 g/mol. The van der Waals surface area contributed by atoms with Gasteiger partial charge in [-0.3, -0.25) is 4.79 Å². The highest BCUT2D eigenvalue weighted by Gasteiger charge is 2.66. The van der Waals surface area contributed by atoms with Crippen LogP contribution in [0.3, 0.4) is 0 Å². The van der Waals surface area contributed by atoms with E-state index in [9.17, 15) is 27.9 Å². The Morgan fingerprint density at radius 2 is 1.88 bits per heavy atom. The molecule has 0 bridgehead atoms. The average Bonchev–Trinajstić information content (AvgIpc) is 3.08. The molecule has 5 nitrogen and oxygen atoms in total. The van der Waals surface area contributed by atoms with Crippen LogP contribution in [0.5, 0.6) is 0 Å². The lowest BCUT2D eigenvalue weighted by molar-refractivity contribution is -0.287. The summed E-state index contributed by atoms with van der Waals surface area (Å²) in [6.07, 6.45) is -5.24. The smallest absolute Gasteiger partial charge is 0.363 e. The van der Waals surface area contributed by atoms with E-state index in [2.05, 4.69) is 5.32 Å². The Labute approximate surface area is 150 Å². The van der Waals surface area contributed by atoms with Crippen molar-refractivity contribution in [1.29, 1.82) is 0 Å². The lowest BCUT2D eigenvalue weighted by atomic mass is 9.78. The minimum atomic E-state index is -5.24. The van der Waals surface area contributed by atoms with Crippen molar-refractivity contribution in [3.63, 3.8) is 0 Å². The number of thiophene rings is 1. The van der Waals surface area contributed by atoms with Crippen molar-refractivity contribution >= 4 is 23.2 Å². The van der Waals surface area contributed by atoms with E-state index in [1.165, 1.54) is 29.6 Å². The topological polar surface area (TPSA) is 78.4 Å². The third-order valence-corrected chi connectivity index (χ3v) is 5.17. The number of amides is 2. The van der Waals surface area contributed by atoms with E-state index in [4.69, 9.17) is 0 Å². The van der Waals surface area contributed by atoms with Gasteiger partial charge in [0.05, 0.1) is 10.9 Å². The van der Waals surface area contributed by atoms with Crippen LogP contribution in [0.25, 0.3) is 0 Å². The standard InChI is InChI=1S/C17H15F3N2O3S/c1-9-4-6-10(7-5-9)13-12(14(23)11-3-2-8-26-11)16(25,17(18,19)20)22-15(24)21-13/h2-8,12-13,25H,1H3,(H2,21,22,24)/t12-,13+,16+/m0/s1. The molecule has 1 aliphatic rings. The number of carbonyl (C=O) groups is 2. The van der Waals surface area contributed by atoms with Crippen LogP contribution < -0.4 is 10.6 Å². The first-order chi connectivity index (χ1) is 12.1. The molecule has 1 fully saturated rings. The highest BCUT2D eigenvalue weighted by molar-refractivity contribution is 7.12. The molecule has 2 heterocycles. The lowest BCUT2D eigenvalue weighted by Crippen LogP contribution is -2.72. The largest absolute Gasteiger partial charge is 0.437 e. The number of hydrogen-bond acceptors (Lipinski definition) is 4. The van der Waals surface area contributed by atoms with Gasteiger partial charge in [-0.15, -0.1) is 11.3 Å². The normalized spacial score (nSPS) is 26.1. The molecule has 0 saturated carbocycles. The Morgan fingerprint density at radius 3 is 2.42 bits per heavy atom. The van der Waals surface area contributed by atoms with E-state index in [1.807, 2.05) is 0 Å². The van der Waals surface area contributed by atoms with Crippen LogP contribution in [-0.2, 0) is 0 Å². The van der Waals surface area contributed by atoms with Gasteiger partial charge in [-0.05, 0) is 23.9 Å². The molecule has 0 radical (unpaired) electrons. The van der Waals surface area contributed by atoms with Crippen molar-refractivity contribution in [1.82, 2.24) is 10.6 Å². The summed E-state index contributed by atoms with van der Waals surface area (Å²) in [6, 6.07) is 6.73. The van der Waals surface area contributed by atoms with Crippen LogP contribution in [0.2, 0.25) is 0 Å². The summed E-state index contributed by atoms with van der Waals surface area (Å²) >= 11 is 0.968. The molecular weight excluding hydrogens is 369 g/mol. The van der Waals surface area contributed by atoms with Crippen LogP contribution in [0.4, 0.5) is 18.0 Å². The molecule has 1 saturated heterocycles. The van der Waals surface area contributed by atoms with Crippen molar-refractivity contribution in [3.05, 3.63) is 57.8 Å². The van der Waals surface area contributed by atoms with E-state index >= 15 is 0 Å². The fourth-order valence-corrected chi connectivity index (χ4v) is 3.67. The first-order valence-corrected chi connectivity index (χ1v) is 8.53. The van der Waals surface area contributed by atoms with Crippen molar-refractivity contribution in [2.24, 2.45) is 5.92 Å². The fourth-order valence-electron chi connectivity index (χ4n) is 2.96. The molecule has 9 heteroatoms. The number of carbonyl (C=O) groups excluding carboxylic acids is 2. The molecule has 3 rings (SSSR count). The molecule has 1 aromatic carbocycles. The van der Waals surface area contributed by atoms with Crippen molar-refractivity contribution in [2.45, 2.75) is 24.9 Å². The summed E-state index contributed by atoms with van der Waals surface area (Å²) in [5.41, 5.74) is -2.53. The summed E-state index contributed by atoms with van der Waals surface area (Å²) < 4.78 is 41.0. The molecule has 0 unspecified atom stereocenters. The average molecular weight is 384 g/mol. The Kier molecular flexibility index (Phi) is 4.53. The molecule has 3 N–H and O–H groups in total. The molecule has 1 aliphatic heterocycles. The van der Waals surface area contributed by atoms with E-state index in [-0.39, 0.29) is 4.88 Å². The Hall–Kier alpha value is -2.39. The number of benzene rings is 1. The van der Waals surface area contributed by atoms with Crippen molar-refractivity contribution in [2.75, 3.05) is 0 Å². The van der Waals surface area contributed by atoms with E-state index in [1.54, 1.807) is 24.4 Å². The molecule has 26 heavy (non-hydrogen) atoms. The summed E-state index contributed by atoms with van der Waals surface area (Å²) in [4.78, 5) is 24.7. The number of rotatable bonds is 3. The van der Waals surface area contributed by atoms with Gasteiger partial charge in [-0.25, -0.2) is 4.79 Å². The van der Waals surface area contributed by atoms with E-state index in [0.717, 1.165) is 16.9 Å². The van der Waals surface area contributed by atoms with Gasteiger partial charge in [0.1, 0.15) is 5.92 Å². The van der Waals surface area contributed by atoms with Crippen LogP contribution in [-0.4, -0.2) is 28.8 Å². The van der Waals surface area contributed by atoms with Gasteiger partial charge in [0, 0.05) is 0 Å². The van der Waals surface area contributed by atoms with Crippen LogP contribution in [0.15, 0.2) is 41.8 Å². The maximum Gasteiger partial charge on any atom is 0.437 e. The second-order valence-electron chi connectivity index (χ2n) is 6.07. The fraction of sp³-hybridized carbons (Fsp3) is 0.294. The second kappa shape index (κ2) is 6.40. The maximum atomic E-state index is 13.7. The third-order valence-electron chi connectivity index (χ3n) is 4.29. The van der Waals surface area contributed by atoms with Gasteiger partial charge >= 0.3 is 12.2 Å². The number of aliphatic hydroxyl groups is 1. The molecule has 2 aromatic rings. The van der Waals surface area contributed by atoms with Crippen LogP contribution >= 0.6 is 11.3 Å². The summed E-state index contributed by atoms with van der Waals surface area (Å²) in [7, 11) is 0. The third kappa shape index (κ3) is 3.08. The molecule has 1 aromatic heterocycles. The molecule has 0 aliphatic carbocycles. The minimum absolute atomic E-state index is 0.0627. The van der Waals surface area contributed by atoms with Gasteiger partial charge in [0.2, 0.25) is 5.72 Å². The Morgan fingerprint density at radius 1 is 1.23 bits per heavy atom. The van der Waals surface area contributed by atoms with Gasteiger partial charge < -0.3 is 15.7 Å². The van der Waals surface area contributed by atoms with Crippen molar-refractivity contribution in [3.8, 4) is 0 Å². The predicted molar refractivity (Wildman–Crippen MR) is 88.7 cm³/mol. The number of aryl methyl sites for hydroxylation is 1. The number of alkyl halides is 3. The zero-order valence-corrected chi connectivity index (χ0v) is 14.3.